The van der Waals surface area contributed by atoms with E-state index >= 15 is 0 Å². The van der Waals surface area contributed by atoms with Gasteiger partial charge in [-0.25, -0.2) is 0 Å². The minimum absolute atomic E-state index is 0.352. The van der Waals surface area contributed by atoms with Crippen LogP contribution in [0.2, 0.25) is 0 Å². The van der Waals surface area contributed by atoms with Crippen LogP contribution in [0.25, 0.3) is 43.1 Å². The monoisotopic (exact) mass is 826 g/mol. The number of hydrogen-bond donors (Lipinski definition) is 0. The van der Waals surface area contributed by atoms with Gasteiger partial charge >= 0.3 is 281 Å². The summed E-state index contributed by atoms with van der Waals surface area (Å²) in [6, 6.07) is 53.9. The predicted octanol–water partition coefficient (Wildman–Crippen LogP) is 12.1. The molecule has 0 aliphatic carbocycles. The third-order valence-electron chi connectivity index (χ3n) is 8.02. The fourth-order valence-corrected chi connectivity index (χ4v) is 18.3. The molecule has 0 aliphatic heterocycles. The molecular weight excluding hydrogens is 799 g/mol. The average molecular weight is 827 g/mol. The van der Waals surface area contributed by atoms with E-state index in [1.165, 1.54) is 0 Å². The van der Waals surface area contributed by atoms with Crippen LogP contribution < -0.4 is 13.6 Å². The van der Waals surface area contributed by atoms with Gasteiger partial charge < -0.3 is 0 Å². The summed E-state index contributed by atoms with van der Waals surface area (Å²) in [4.78, 5) is 0. The van der Waals surface area contributed by atoms with Crippen LogP contribution in [0.4, 0.5) is 0 Å². The van der Waals surface area contributed by atoms with E-state index in [4.69, 9.17) is 32.4 Å². The summed E-state index contributed by atoms with van der Waals surface area (Å²) in [5.74, 6) is 1.41. The Morgan fingerprint density at radius 1 is 0.277 bits per heavy atom. The van der Waals surface area contributed by atoms with E-state index in [9.17, 15) is 0 Å². The van der Waals surface area contributed by atoms with Crippen molar-refractivity contribution in [2.45, 2.75) is 0 Å². The van der Waals surface area contributed by atoms with Crippen molar-refractivity contribution in [3.05, 3.63) is 170 Å². The maximum atomic E-state index is 8.07. The molecule has 232 valence electrons. The van der Waals surface area contributed by atoms with Crippen LogP contribution in [0.5, 0.6) is 23.0 Å². The minimum atomic E-state index is -7.74. The van der Waals surface area contributed by atoms with Crippen LogP contribution in [-0.4, -0.2) is 0 Å². The van der Waals surface area contributed by atoms with Crippen molar-refractivity contribution in [1.29, 1.82) is 0 Å². The number of hydrogen-bond acceptors (Lipinski definition) is 4. The zero-order valence-electron chi connectivity index (χ0n) is 25.0. The summed E-state index contributed by atoms with van der Waals surface area (Å²) < 4.78 is 28.1. The summed E-state index contributed by atoms with van der Waals surface area (Å²) in [5, 5.41) is 6.73. The molecule has 8 rings (SSSR count). The van der Waals surface area contributed by atoms with Gasteiger partial charge in [0.25, 0.3) is 0 Å². The first-order valence-corrected chi connectivity index (χ1v) is 27.1. The van der Waals surface area contributed by atoms with Crippen LogP contribution in [-0.2, 0) is 13.0 Å². The van der Waals surface area contributed by atoms with Crippen LogP contribution >= 0.6 is 18.8 Å². The Hall–Kier alpha value is -4.73. The molecule has 8 aromatic rings. The van der Waals surface area contributed by atoms with Crippen molar-refractivity contribution in [1.82, 2.24) is 0 Å². The SMILES string of the molecule is [Cl][W]([Cl])([O]c1cccc2ccccc12)([O]c1cccc2ccccc12)([O]c1cccc2ccccc12)[O]c1cccc2ccccc12. The molecule has 0 radical (unpaired) electrons. The predicted molar refractivity (Wildman–Crippen MR) is 190 cm³/mol. The third kappa shape index (κ3) is 5.53. The maximum absolute atomic E-state index is 8.07. The Balaban J connectivity index is 1.45. The van der Waals surface area contributed by atoms with Gasteiger partial charge in [-0.2, -0.15) is 0 Å². The fraction of sp³-hybridized carbons (Fsp3) is 0. The first-order valence-electron chi connectivity index (χ1n) is 15.1. The number of fused-ring (bicyclic) bond motifs is 4. The number of halogens is 2. The Labute approximate surface area is 279 Å². The summed E-state index contributed by atoms with van der Waals surface area (Å²) >= 11 is -7.74. The van der Waals surface area contributed by atoms with Crippen LogP contribution in [0.15, 0.2) is 170 Å². The van der Waals surface area contributed by atoms with Gasteiger partial charge in [0.05, 0.1) is 0 Å². The second kappa shape index (κ2) is 10.9. The second-order valence-corrected chi connectivity index (χ2v) is 32.7. The average Bonchev–Trinajstić information content (AvgIpc) is 3.09. The van der Waals surface area contributed by atoms with Gasteiger partial charge in [0.1, 0.15) is 0 Å². The molecule has 0 N–H and O–H groups in total. The first kappa shape index (κ1) is 29.7. The van der Waals surface area contributed by atoms with Gasteiger partial charge in [-0.3, -0.25) is 0 Å². The molecule has 0 amide bonds. The molecule has 0 unspecified atom stereocenters. The zero-order chi connectivity index (χ0) is 32.0. The molecule has 0 atom stereocenters. The summed E-state index contributed by atoms with van der Waals surface area (Å²) in [5.41, 5.74) is 0. The Morgan fingerprint density at radius 2 is 0.489 bits per heavy atom. The molecule has 0 fully saturated rings. The Bertz CT molecular complexity index is 2110. The molecule has 0 spiro atoms. The molecule has 0 heterocycles. The van der Waals surface area contributed by atoms with E-state index in [0.29, 0.717) is 23.0 Å². The van der Waals surface area contributed by atoms with Crippen molar-refractivity contribution in [3.63, 3.8) is 0 Å². The molecule has 0 aliphatic rings. The van der Waals surface area contributed by atoms with Crippen molar-refractivity contribution in [3.8, 4) is 23.0 Å². The molecule has 0 saturated heterocycles. The summed E-state index contributed by atoms with van der Waals surface area (Å²) in [6.45, 7) is 0. The van der Waals surface area contributed by atoms with Crippen LogP contribution in [0, 0.1) is 0 Å². The van der Waals surface area contributed by atoms with Gasteiger partial charge in [-0.1, -0.05) is 0 Å². The van der Waals surface area contributed by atoms with E-state index < -0.39 is 13.0 Å². The summed E-state index contributed by atoms with van der Waals surface area (Å²) in [7, 11) is 16.1. The van der Waals surface area contributed by atoms with Gasteiger partial charge in [0, 0.05) is 0 Å². The normalized spacial score (nSPS) is 13.2. The van der Waals surface area contributed by atoms with E-state index in [1.54, 1.807) is 24.3 Å². The molecule has 0 bridgehead atoms. The second-order valence-electron chi connectivity index (χ2n) is 11.2. The standard InChI is InChI=1S/4C10H8O.2ClH.W/c4*11-10-7-3-5-8-4-1-2-6-9(8)10;;;/h4*1-7,11H;2*1H;/q;;;;;;+6/p-6. The van der Waals surface area contributed by atoms with Crippen molar-refractivity contribution in [2.75, 3.05) is 0 Å². The van der Waals surface area contributed by atoms with Crippen LogP contribution in [0.3, 0.4) is 0 Å². The van der Waals surface area contributed by atoms with E-state index in [-0.39, 0.29) is 0 Å². The number of rotatable bonds is 8. The van der Waals surface area contributed by atoms with Crippen molar-refractivity contribution >= 4 is 61.9 Å². The van der Waals surface area contributed by atoms with E-state index in [2.05, 4.69) is 0 Å². The Morgan fingerprint density at radius 3 is 0.745 bits per heavy atom. The summed E-state index contributed by atoms with van der Waals surface area (Å²) in [6.07, 6.45) is 0. The van der Waals surface area contributed by atoms with Crippen molar-refractivity contribution < 1.29 is 26.6 Å². The molecule has 0 aromatic heterocycles. The molecule has 47 heavy (non-hydrogen) atoms. The Kier molecular flexibility index (Phi) is 6.89. The van der Waals surface area contributed by atoms with Gasteiger partial charge in [-0.05, 0) is 0 Å². The third-order valence-corrected chi connectivity index (χ3v) is 19.5. The van der Waals surface area contributed by atoms with Gasteiger partial charge in [-0.15, -0.1) is 0 Å². The van der Waals surface area contributed by atoms with Crippen molar-refractivity contribution in [2.24, 2.45) is 0 Å². The molecule has 0 saturated carbocycles. The van der Waals surface area contributed by atoms with Gasteiger partial charge in [0.2, 0.25) is 0 Å². The van der Waals surface area contributed by atoms with E-state index in [1.807, 2.05) is 146 Å². The molecule has 8 aromatic carbocycles. The zero-order valence-corrected chi connectivity index (χ0v) is 29.4. The number of benzene rings is 8. The fourth-order valence-electron chi connectivity index (χ4n) is 5.89. The van der Waals surface area contributed by atoms with E-state index in [0.717, 1.165) is 43.1 Å². The molecular formula is C40H28Cl2O4W. The topological polar surface area (TPSA) is 36.9 Å². The first-order chi connectivity index (χ1) is 22.8. The molecule has 7 heteroatoms. The van der Waals surface area contributed by atoms with Gasteiger partial charge in [0.15, 0.2) is 0 Å². The molecule has 4 nitrogen and oxygen atoms in total. The quantitative estimate of drug-likeness (QED) is 0.153. The van der Waals surface area contributed by atoms with Crippen LogP contribution in [0.1, 0.15) is 0 Å².